The van der Waals surface area contributed by atoms with Gasteiger partial charge in [-0.3, -0.25) is 4.79 Å². The van der Waals surface area contributed by atoms with Gasteiger partial charge < -0.3 is 15.3 Å². The van der Waals surface area contributed by atoms with E-state index in [-0.39, 0.29) is 17.5 Å². The van der Waals surface area contributed by atoms with Crippen LogP contribution in [0.15, 0.2) is 18.2 Å². The molecule has 0 spiro atoms. The van der Waals surface area contributed by atoms with Crippen LogP contribution in [0.25, 0.3) is 0 Å². The summed E-state index contributed by atoms with van der Waals surface area (Å²) in [6, 6.07) is 4.38. The molecule has 0 aliphatic carbocycles. The Bertz CT molecular complexity index is 519. The zero-order valence-corrected chi connectivity index (χ0v) is 11.3. The summed E-state index contributed by atoms with van der Waals surface area (Å²) < 4.78 is 0. The molecule has 1 saturated heterocycles. The number of hydrogen-bond acceptors (Lipinski definition) is 3. The Morgan fingerprint density at radius 1 is 1.47 bits per heavy atom. The van der Waals surface area contributed by atoms with Crippen molar-refractivity contribution in [3.8, 4) is 0 Å². The second kappa shape index (κ2) is 5.48. The molecule has 6 heteroatoms. The van der Waals surface area contributed by atoms with Crippen LogP contribution in [-0.4, -0.2) is 36.6 Å². The van der Waals surface area contributed by atoms with Gasteiger partial charge in [0, 0.05) is 13.6 Å². The number of aromatic carboxylic acids is 1. The van der Waals surface area contributed by atoms with Gasteiger partial charge in [0.05, 0.1) is 16.3 Å². The monoisotopic (exact) mass is 282 g/mol. The number of nitrogens with one attached hydrogen (secondary N) is 1. The molecule has 1 fully saturated rings. The second-order valence-corrected chi connectivity index (χ2v) is 4.81. The summed E-state index contributed by atoms with van der Waals surface area (Å²) in [7, 11) is 1.57. The number of halogens is 1. The van der Waals surface area contributed by atoms with E-state index in [2.05, 4.69) is 5.32 Å². The molecular weight excluding hydrogens is 268 g/mol. The summed E-state index contributed by atoms with van der Waals surface area (Å²) >= 11 is 6.13. The van der Waals surface area contributed by atoms with Crippen molar-refractivity contribution in [3.63, 3.8) is 0 Å². The SMILES string of the molecule is CNC(=O)C1CCCN1c1c(Cl)cccc1C(=O)O. The number of carbonyl (C=O) groups excluding carboxylic acids is 1. The third kappa shape index (κ3) is 2.51. The maximum atomic E-state index is 11.8. The molecule has 1 aromatic rings. The van der Waals surface area contributed by atoms with E-state index in [9.17, 15) is 14.7 Å². The van der Waals surface area contributed by atoms with Crippen LogP contribution in [0.5, 0.6) is 0 Å². The summed E-state index contributed by atoms with van der Waals surface area (Å²) in [6.07, 6.45) is 1.53. The summed E-state index contributed by atoms with van der Waals surface area (Å²) in [5.41, 5.74) is 0.561. The molecule has 1 heterocycles. The minimum atomic E-state index is -1.04. The normalized spacial score (nSPS) is 18.4. The minimum absolute atomic E-state index is 0.117. The molecule has 1 aliphatic heterocycles. The second-order valence-electron chi connectivity index (χ2n) is 4.41. The molecule has 102 valence electrons. The maximum absolute atomic E-state index is 11.8. The van der Waals surface area contributed by atoms with Gasteiger partial charge in [0.2, 0.25) is 5.91 Å². The van der Waals surface area contributed by atoms with Crippen LogP contribution >= 0.6 is 11.6 Å². The largest absolute Gasteiger partial charge is 0.478 e. The standard InChI is InChI=1S/C13H15ClN2O3/c1-15-12(17)10-6-3-7-16(10)11-8(13(18)19)4-2-5-9(11)14/h2,4-5,10H,3,6-7H2,1H3,(H,15,17)(H,18,19). The number of carbonyl (C=O) groups is 2. The Labute approximate surface area is 116 Å². The van der Waals surface area contributed by atoms with Gasteiger partial charge in [0.1, 0.15) is 6.04 Å². The molecule has 2 rings (SSSR count). The maximum Gasteiger partial charge on any atom is 0.337 e. The van der Waals surface area contributed by atoms with Crippen molar-refractivity contribution in [1.29, 1.82) is 0 Å². The predicted octanol–water partition coefficient (Wildman–Crippen LogP) is 1.75. The number of nitrogens with zero attached hydrogens (tertiary/aromatic N) is 1. The molecule has 0 radical (unpaired) electrons. The number of anilines is 1. The van der Waals surface area contributed by atoms with Crippen molar-refractivity contribution >= 4 is 29.2 Å². The third-order valence-electron chi connectivity index (χ3n) is 3.31. The first-order valence-corrected chi connectivity index (χ1v) is 6.44. The highest BCUT2D eigenvalue weighted by Crippen LogP contribution is 2.35. The fourth-order valence-corrected chi connectivity index (χ4v) is 2.74. The number of rotatable bonds is 3. The Morgan fingerprint density at radius 2 is 2.21 bits per heavy atom. The van der Waals surface area contributed by atoms with Crippen LogP contribution in [0, 0.1) is 0 Å². The van der Waals surface area contributed by atoms with Crippen molar-refractivity contribution < 1.29 is 14.7 Å². The van der Waals surface area contributed by atoms with Gasteiger partial charge in [-0.15, -0.1) is 0 Å². The minimum Gasteiger partial charge on any atom is -0.478 e. The number of benzene rings is 1. The fourth-order valence-electron chi connectivity index (χ4n) is 2.45. The highest BCUT2D eigenvalue weighted by molar-refractivity contribution is 6.34. The van der Waals surface area contributed by atoms with Crippen LogP contribution in [-0.2, 0) is 4.79 Å². The number of likely N-dealkylation sites (N-methyl/N-ethyl adjacent to an activating group) is 1. The van der Waals surface area contributed by atoms with E-state index in [1.54, 1.807) is 24.1 Å². The highest BCUT2D eigenvalue weighted by Gasteiger charge is 2.33. The van der Waals surface area contributed by atoms with Crippen LogP contribution in [0.1, 0.15) is 23.2 Å². The molecule has 0 saturated carbocycles. The molecule has 19 heavy (non-hydrogen) atoms. The van der Waals surface area contributed by atoms with E-state index in [4.69, 9.17) is 11.6 Å². The molecule has 5 nitrogen and oxygen atoms in total. The van der Waals surface area contributed by atoms with E-state index < -0.39 is 5.97 Å². The van der Waals surface area contributed by atoms with Gasteiger partial charge >= 0.3 is 5.97 Å². The number of para-hydroxylation sites is 1. The Hall–Kier alpha value is -1.75. The molecule has 1 unspecified atom stereocenters. The fraction of sp³-hybridized carbons (Fsp3) is 0.385. The van der Waals surface area contributed by atoms with E-state index in [0.717, 1.165) is 6.42 Å². The Morgan fingerprint density at radius 3 is 2.84 bits per heavy atom. The smallest absolute Gasteiger partial charge is 0.337 e. The first-order chi connectivity index (χ1) is 9.06. The zero-order valence-electron chi connectivity index (χ0n) is 10.5. The third-order valence-corrected chi connectivity index (χ3v) is 3.61. The van der Waals surface area contributed by atoms with Crippen molar-refractivity contribution in [2.75, 3.05) is 18.5 Å². The molecule has 0 bridgehead atoms. The number of amides is 1. The number of carboxylic acids is 1. The lowest BCUT2D eigenvalue weighted by Crippen LogP contribution is -2.42. The quantitative estimate of drug-likeness (QED) is 0.886. The van der Waals surface area contributed by atoms with Crippen molar-refractivity contribution in [3.05, 3.63) is 28.8 Å². The lowest BCUT2D eigenvalue weighted by molar-refractivity contribution is -0.121. The predicted molar refractivity (Wildman–Crippen MR) is 72.8 cm³/mol. The van der Waals surface area contributed by atoms with Crippen LogP contribution in [0.4, 0.5) is 5.69 Å². The van der Waals surface area contributed by atoms with E-state index in [0.29, 0.717) is 23.7 Å². The Kier molecular flexibility index (Phi) is 3.95. The highest BCUT2D eigenvalue weighted by atomic mass is 35.5. The molecule has 0 aromatic heterocycles. The summed E-state index contributed by atoms with van der Waals surface area (Å²) in [4.78, 5) is 24.9. The first-order valence-electron chi connectivity index (χ1n) is 6.06. The number of carboxylic acid groups (broad SMARTS) is 1. The lowest BCUT2D eigenvalue weighted by atomic mass is 10.1. The molecule has 2 N–H and O–H groups in total. The van der Waals surface area contributed by atoms with Crippen molar-refractivity contribution in [2.45, 2.75) is 18.9 Å². The summed E-state index contributed by atoms with van der Waals surface area (Å²) in [5, 5.41) is 12.2. The van der Waals surface area contributed by atoms with E-state index >= 15 is 0 Å². The van der Waals surface area contributed by atoms with Gasteiger partial charge in [0.15, 0.2) is 0 Å². The topological polar surface area (TPSA) is 69.6 Å². The Balaban J connectivity index is 2.46. The van der Waals surface area contributed by atoms with Gasteiger partial charge in [0.25, 0.3) is 0 Å². The van der Waals surface area contributed by atoms with Crippen molar-refractivity contribution in [1.82, 2.24) is 5.32 Å². The van der Waals surface area contributed by atoms with E-state index in [1.165, 1.54) is 6.07 Å². The van der Waals surface area contributed by atoms with Crippen LogP contribution in [0.2, 0.25) is 5.02 Å². The molecular formula is C13H15ClN2O3. The average molecular weight is 283 g/mol. The van der Waals surface area contributed by atoms with Gasteiger partial charge in [-0.25, -0.2) is 4.79 Å². The van der Waals surface area contributed by atoms with E-state index in [1.807, 2.05) is 0 Å². The summed E-state index contributed by atoms with van der Waals surface area (Å²) in [6.45, 7) is 0.627. The summed E-state index contributed by atoms with van der Waals surface area (Å²) in [5.74, 6) is -1.16. The van der Waals surface area contributed by atoms with Crippen LogP contribution in [0.3, 0.4) is 0 Å². The van der Waals surface area contributed by atoms with Crippen molar-refractivity contribution in [2.24, 2.45) is 0 Å². The van der Waals surface area contributed by atoms with Gasteiger partial charge in [-0.05, 0) is 25.0 Å². The van der Waals surface area contributed by atoms with Gasteiger partial charge in [-0.2, -0.15) is 0 Å². The number of hydrogen-bond donors (Lipinski definition) is 2. The van der Waals surface area contributed by atoms with Gasteiger partial charge in [-0.1, -0.05) is 17.7 Å². The zero-order chi connectivity index (χ0) is 14.0. The van der Waals surface area contributed by atoms with Crippen LogP contribution < -0.4 is 10.2 Å². The first kappa shape index (κ1) is 13.7. The lowest BCUT2D eigenvalue weighted by Gasteiger charge is -2.27. The average Bonchev–Trinajstić information content (AvgIpc) is 2.86. The molecule has 1 atom stereocenters. The molecule has 1 aliphatic rings. The molecule has 1 aromatic carbocycles. The molecule has 1 amide bonds.